The van der Waals surface area contributed by atoms with Gasteiger partial charge in [-0.15, -0.1) is 0 Å². The lowest BCUT2D eigenvalue weighted by atomic mass is 9.94. The van der Waals surface area contributed by atoms with Crippen molar-refractivity contribution in [2.75, 3.05) is 26.8 Å². The molecule has 2 rings (SSSR count). The molecular weight excluding hydrogens is 342 g/mol. The topological polar surface area (TPSA) is 55.8 Å². The van der Waals surface area contributed by atoms with Gasteiger partial charge in [0.05, 0.1) is 19.3 Å². The maximum atomic E-state index is 13.1. The number of carbonyl (C=O) groups is 2. The number of aryl methyl sites for hydroxylation is 1. The Kier molecular flexibility index (Phi) is 8.14. The molecule has 150 valence electrons. The van der Waals surface area contributed by atoms with Crippen molar-refractivity contribution >= 4 is 11.9 Å². The van der Waals surface area contributed by atoms with Crippen LogP contribution in [0.4, 0.5) is 0 Å². The van der Waals surface area contributed by atoms with Gasteiger partial charge in [0.1, 0.15) is 5.75 Å². The monoisotopic (exact) mass is 375 g/mol. The van der Waals surface area contributed by atoms with Crippen LogP contribution < -0.4 is 4.74 Å². The normalized spacial score (nSPS) is 13.9. The second-order valence-corrected chi connectivity index (χ2v) is 7.59. The van der Waals surface area contributed by atoms with Crippen molar-refractivity contribution in [1.82, 2.24) is 4.90 Å². The van der Waals surface area contributed by atoms with Crippen molar-refractivity contribution in [2.45, 2.75) is 59.3 Å². The van der Waals surface area contributed by atoms with Crippen LogP contribution in [0.25, 0.3) is 0 Å². The van der Waals surface area contributed by atoms with Gasteiger partial charge in [-0.1, -0.05) is 19.9 Å². The first-order chi connectivity index (χ1) is 13.0. The summed E-state index contributed by atoms with van der Waals surface area (Å²) in [5.74, 6) is 1.06. The Morgan fingerprint density at radius 1 is 1.19 bits per heavy atom. The Morgan fingerprint density at radius 2 is 1.89 bits per heavy atom. The van der Waals surface area contributed by atoms with Crippen LogP contribution in [0.1, 0.15) is 67.9 Å². The maximum absolute atomic E-state index is 13.1. The van der Waals surface area contributed by atoms with E-state index in [1.165, 1.54) is 0 Å². The van der Waals surface area contributed by atoms with Gasteiger partial charge in [-0.25, -0.2) is 0 Å². The molecule has 0 radical (unpaired) electrons. The van der Waals surface area contributed by atoms with Gasteiger partial charge in [0, 0.05) is 19.5 Å². The summed E-state index contributed by atoms with van der Waals surface area (Å²) >= 11 is 0. The highest BCUT2D eigenvalue weighted by Gasteiger charge is 2.25. The molecule has 0 saturated carbocycles. The van der Waals surface area contributed by atoms with Crippen LogP contribution in [-0.2, 0) is 22.4 Å². The van der Waals surface area contributed by atoms with Crippen LogP contribution >= 0.6 is 0 Å². The van der Waals surface area contributed by atoms with E-state index in [1.54, 1.807) is 7.11 Å². The zero-order chi connectivity index (χ0) is 19.8. The van der Waals surface area contributed by atoms with E-state index in [-0.39, 0.29) is 11.9 Å². The highest BCUT2D eigenvalue weighted by atomic mass is 16.5. The van der Waals surface area contributed by atoms with Gasteiger partial charge >= 0.3 is 5.97 Å². The zero-order valence-corrected chi connectivity index (χ0v) is 17.2. The number of hydrogen-bond acceptors (Lipinski definition) is 4. The van der Waals surface area contributed by atoms with Crippen LogP contribution in [-0.4, -0.2) is 43.6 Å². The number of esters is 1. The molecule has 0 spiro atoms. The van der Waals surface area contributed by atoms with Crippen molar-refractivity contribution in [1.29, 1.82) is 0 Å². The van der Waals surface area contributed by atoms with E-state index in [2.05, 4.69) is 19.9 Å². The number of ether oxygens (including phenoxy) is 2. The minimum atomic E-state index is -0.165. The highest BCUT2D eigenvalue weighted by Crippen LogP contribution is 2.30. The third-order valence-corrected chi connectivity index (χ3v) is 4.83. The summed E-state index contributed by atoms with van der Waals surface area (Å²) in [6.07, 6.45) is 4.83. The molecule has 0 atom stereocenters. The summed E-state index contributed by atoms with van der Waals surface area (Å²) in [6.45, 7) is 8.18. The van der Waals surface area contributed by atoms with Gasteiger partial charge in [0.25, 0.3) is 5.91 Å². The molecule has 1 aromatic rings. The fourth-order valence-corrected chi connectivity index (χ4v) is 3.65. The number of hydrogen-bond donors (Lipinski definition) is 0. The first-order valence-electron chi connectivity index (χ1n) is 10.1. The molecule has 5 nitrogen and oxygen atoms in total. The third kappa shape index (κ3) is 5.98. The predicted octanol–water partition coefficient (Wildman–Crippen LogP) is 4.02. The summed E-state index contributed by atoms with van der Waals surface area (Å²) in [5.41, 5.74) is 2.81. The van der Waals surface area contributed by atoms with E-state index in [9.17, 15) is 9.59 Å². The average Bonchev–Trinajstić information content (AvgIpc) is 3.15. The summed E-state index contributed by atoms with van der Waals surface area (Å²) in [6, 6.07) is 4.08. The Labute approximate surface area is 163 Å². The summed E-state index contributed by atoms with van der Waals surface area (Å²) < 4.78 is 10.7. The maximum Gasteiger partial charge on any atom is 0.305 e. The van der Waals surface area contributed by atoms with Crippen molar-refractivity contribution in [3.63, 3.8) is 0 Å². The van der Waals surface area contributed by atoms with Gasteiger partial charge in [0.2, 0.25) is 0 Å². The lowest BCUT2D eigenvalue weighted by molar-refractivity contribution is -0.143. The number of likely N-dealkylation sites (tertiary alicyclic amines) is 1. The van der Waals surface area contributed by atoms with Gasteiger partial charge in [-0.3, -0.25) is 9.59 Å². The first-order valence-corrected chi connectivity index (χ1v) is 10.1. The molecule has 0 aliphatic carbocycles. The lowest BCUT2D eigenvalue weighted by Crippen LogP contribution is -2.28. The smallest absolute Gasteiger partial charge is 0.305 e. The Morgan fingerprint density at radius 3 is 2.48 bits per heavy atom. The second-order valence-electron chi connectivity index (χ2n) is 7.59. The average molecular weight is 376 g/mol. The number of amides is 1. The number of nitrogens with zero attached hydrogens (tertiary/aromatic N) is 1. The largest absolute Gasteiger partial charge is 0.496 e. The van der Waals surface area contributed by atoms with Crippen LogP contribution in [0, 0.1) is 5.92 Å². The van der Waals surface area contributed by atoms with Gasteiger partial charge in [-0.05, 0) is 62.1 Å². The molecule has 0 aromatic heterocycles. The molecule has 0 bridgehead atoms. The quantitative estimate of drug-likeness (QED) is 0.612. The molecule has 27 heavy (non-hydrogen) atoms. The lowest BCUT2D eigenvalue weighted by Gasteiger charge is -2.21. The van der Waals surface area contributed by atoms with Crippen molar-refractivity contribution in [2.24, 2.45) is 5.92 Å². The summed E-state index contributed by atoms with van der Waals surface area (Å²) in [4.78, 5) is 26.6. The Bertz CT molecular complexity index is 648. The highest BCUT2D eigenvalue weighted by molar-refractivity contribution is 5.97. The standard InChI is InChI=1S/C22H33NO4/c1-5-27-20(24)10-8-9-17-14-18(13-16(2)3)21(26-4)19(15-17)22(25)23-11-6-7-12-23/h14-16H,5-13H2,1-4H3. The van der Waals surface area contributed by atoms with Gasteiger partial charge in [0.15, 0.2) is 0 Å². The van der Waals surface area contributed by atoms with Crippen LogP contribution in [0.3, 0.4) is 0 Å². The fraction of sp³-hybridized carbons (Fsp3) is 0.636. The molecule has 1 fully saturated rings. The van der Waals surface area contributed by atoms with E-state index in [0.29, 0.717) is 36.7 Å². The van der Waals surface area contributed by atoms with E-state index in [1.807, 2.05) is 17.9 Å². The molecule has 0 unspecified atom stereocenters. The van der Waals surface area contributed by atoms with Crippen molar-refractivity contribution < 1.29 is 19.1 Å². The Hall–Kier alpha value is -2.04. The molecule has 1 saturated heterocycles. The SMILES string of the molecule is CCOC(=O)CCCc1cc(CC(C)C)c(OC)c(C(=O)N2CCCC2)c1. The molecule has 1 aromatic carbocycles. The van der Waals surface area contributed by atoms with Crippen molar-refractivity contribution in [3.05, 3.63) is 28.8 Å². The van der Waals surface area contributed by atoms with Crippen LogP contribution in [0.5, 0.6) is 5.75 Å². The molecular formula is C22H33NO4. The van der Waals surface area contributed by atoms with Crippen LogP contribution in [0.2, 0.25) is 0 Å². The number of rotatable bonds is 9. The third-order valence-electron chi connectivity index (χ3n) is 4.83. The van der Waals surface area contributed by atoms with Gasteiger partial charge in [-0.2, -0.15) is 0 Å². The number of methoxy groups -OCH3 is 1. The minimum Gasteiger partial charge on any atom is -0.496 e. The number of benzene rings is 1. The van der Waals surface area contributed by atoms with Crippen molar-refractivity contribution in [3.8, 4) is 5.75 Å². The first kappa shape index (κ1) is 21.3. The minimum absolute atomic E-state index is 0.0570. The van der Waals surface area contributed by atoms with E-state index >= 15 is 0 Å². The van der Waals surface area contributed by atoms with Gasteiger partial charge < -0.3 is 14.4 Å². The van der Waals surface area contributed by atoms with E-state index in [4.69, 9.17) is 9.47 Å². The molecule has 1 aliphatic heterocycles. The van der Waals surface area contributed by atoms with E-state index in [0.717, 1.165) is 49.9 Å². The summed E-state index contributed by atoms with van der Waals surface area (Å²) in [5, 5.41) is 0. The van der Waals surface area contributed by atoms with E-state index < -0.39 is 0 Å². The van der Waals surface area contributed by atoms with Crippen LogP contribution in [0.15, 0.2) is 12.1 Å². The number of carbonyl (C=O) groups excluding carboxylic acids is 2. The summed E-state index contributed by atoms with van der Waals surface area (Å²) in [7, 11) is 1.64. The second kappa shape index (κ2) is 10.3. The molecule has 1 amide bonds. The fourth-order valence-electron chi connectivity index (χ4n) is 3.65. The molecule has 0 N–H and O–H groups in total. The Balaban J connectivity index is 2.26. The zero-order valence-electron chi connectivity index (χ0n) is 17.2. The predicted molar refractivity (Wildman–Crippen MR) is 106 cm³/mol. The molecule has 1 aliphatic rings. The molecule has 5 heteroatoms. The molecule has 1 heterocycles.